The molecule has 5 aliphatic carbocycles. The summed E-state index contributed by atoms with van der Waals surface area (Å²) in [5.41, 5.74) is 1.99. The lowest BCUT2D eigenvalue weighted by molar-refractivity contribution is -0.115. The van der Waals surface area contributed by atoms with Gasteiger partial charge < -0.3 is 0 Å². The van der Waals surface area contributed by atoms with E-state index in [1.54, 1.807) is 51.4 Å². The summed E-state index contributed by atoms with van der Waals surface area (Å²) in [6.45, 7) is 18.3. The molecule has 0 aromatic carbocycles. The van der Waals surface area contributed by atoms with E-state index in [0.29, 0.717) is 16.2 Å². The monoisotopic (exact) mass is 412 g/mol. The lowest BCUT2D eigenvalue weighted by Crippen LogP contribution is -2.53. The number of rotatable bonds is 4. The van der Waals surface area contributed by atoms with Crippen LogP contribution in [0.1, 0.15) is 119 Å². The van der Waals surface area contributed by atoms with Crippen LogP contribution in [0.2, 0.25) is 0 Å². The van der Waals surface area contributed by atoms with Gasteiger partial charge in [-0.25, -0.2) is 0 Å². The van der Waals surface area contributed by atoms with Gasteiger partial charge in [-0.1, -0.05) is 61.3 Å². The van der Waals surface area contributed by atoms with E-state index in [2.05, 4.69) is 48.5 Å². The fourth-order valence-corrected chi connectivity index (χ4v) is 11.0. The molecule has 0 N–H and O–H groups in total. The minimum Gasteiger partial charge on any atom is -0.0625 e. The van der Waals surface area contributed by atoms with Crippen molar-refractivity contribution in [2.75, 3.05) is 0 Å². The zero-order valence-electron chi connectivity index (χ0n) is 21.5. The smallest absolute Gasteiger partial charge is 0.0264 e. The molecule has 5 saturated carbocycles. The summed E-state index contributed by atoms with van der Waals surface area (Å²) in [5.74, 6) is 8.92. The van der Waals surface area contributed by atoms with Crippen molar-refractivity contribution in [2.45, 2.75) is 119 Å². The van der Waals surface area contributed by atoms with Crippen LogP contribution in [0.25, 0.3) is 0 Å². The van der Waals surface area contributed by atoms with E-state index in [0.717, 1.165) is 53.3 Å². The van der Waals surface area contributed by atoms with Crippen molar-refractivity contribution >= 4 is 0 Å². The molecule has 0 heterocycles. The average Bonchev–Trinajstić information content (AvgIpc) is 3.28. The van der Waals surface area contributed by atoms with Gasteiger partial charge in [0.15, 0.2) is 0 Å². The molecular formula is C30H52. The van der Waals surface area contributed by atoms with E-state index < -0.39 is 0 Å². The van der Waals surface area contributed by atoms with Crippen molar-refractivity contribution in [3.05, 3.63) is 0 Å². The Bertz CT molecular complexity index is 648. The Kier molecular flexibility index (Phi) is 5.27. The maximum Gasteiger partial charge on any atom is -0.0264 e. The van der Waals surface area contributed by atoms with Crippen LogP contribution in [0.4, 0.5) is 0 Å². The molecule has 5 aliphatic rings. The first-order chi connectivity index (χ1) is 14.1. The Hall–Kier alpha value is 0. The van der Waals surface area contributed by atoms with E-state index in [9.17, 15) is 0 Å². The van der Waals surface area contributed by atoms with Gasteiger partial charge in [-0.3, -0.25) is 0 Å². The highest BCUT2D eigenvalue weighted by Gasteiger charge is 2.64. The van der Waals surface area contributed by atoms with Gasteiger partial charge in [-0.05, 0) is 127 Å². The van der Waals surface area contributed by atoms with Gasteiger partial charge in [-0.2, -0.15) is 0 Å². The second-order valence-electron chi connectivity index (χ2n) is 14.3. The molecular weight excluding hydrogens is 360 g/mol. The average molecular weight is 413 g/mol. The SMILES string of the molecule is CC(C)C(C)C1(C)CC1C(C)C1CCC2C3CCC4CCCCC4(C)C3CCC12C. The van der Waals surface area contributed by atoms with Gasteiger partial charge >= 0.3 is 0 Å². The normalized spacial score (nSPS) is 54.8. The molecule has 0 spiro atoms. The Labute approximate surface area is 188 Å². The van der Waals surface area contributed by atoms with E-state index in [1.165, 1.54) is 19.3 Å². The molecule has 0 nitrogen and oxygen atoms in total. The van der Waals surface area contributed by atoms with Crippen molar-refractivity contribution < 1.29 is 0 Å². The van der Waals surface area contributed by atoms with Crippen molar-refractivity contribution in [3.8, 4) is 0 Å². The molecule has 11 unspecified atom stereocenters. The minimum absolute atomic E-state index is 0.632. The Morgan fingerprint density at radius 2 is 1.40 bits per heavy atom. The van der Waals surface area contributed by atoms with Crippen molar-refractivity contribution in [1.29, 1.82) is 0 Å². The van der Waals surface area contributed by atoms with Crippen LogP contribution in [0.15, 0.2) is 0 Å². The molecule has 30 heavy (non-hydrogen) atoms. The Morgan fingerprint density at radius 1 is 0.667 bits per heavy atom. The zero-order valence-corrected chi connectivity index (χ0v) is 21.5. The van der Waals surface area contributed by atoms with Crippen molar-refractivity contribution in [1.82, 2.24) is 0 Å². The number of hydrogen-bond donors (Lipinski definition) is 0. The standard InChI is InChI=1S/C30H52/c1-19(2)21(4)30(7)18-27(30)20(3)24-13-14-25-23-12-11-22-10-8-9-16-28(22,5)26(23)15-17-29(24,25)6/h19-27H,8-18H2,1-7H3. The molecule has 11 atom stereocenters. The van der Waals surface area contributed by atoms with Crippen LogP contribution in [0, 0.1) is 69.5 Å². The van der Waals surface area contributed by atoms with Gasteiger partial charge in [0.05, 0.1) is 0 Å². The second-order valence-corrected chi connectivity index (χ2v) is 14.3. The molecule has 0 radical (unpaired) electrons. The fraction of sp³-hybridized carbons (Fsp3) is 1.00. The second kappa shape index (κ2) is 7.25. The van der Waals surface area contributed by atoms with Crippen LogP contribution >= 0.6 is 0 Å². The van der Waals surface area contributed by atoms with E-state index in [1.807, 2.05) is 0 Å². The largest absolute Gasteiger partial charge is 0.0625 e. The first-order valence-corrected chi connectivity index (χ1v) is 14.1. The van der Waals surface area contributed by atoms with Crippen molar-refractivity contribution in [3.63, 3.8) is 0 Å². The van der Waals surface area contributed by atoms with Gasteiger partial charge in [0, 0.05) is 0 Å². The predicted molar refractivity (Wildman–Crippen MR) is 129 cm³/mol. The molecule has 0 heteroatoms. The maximum absolute atomic E-state index is 2.78. The summed E-state index contributed by atoms with van der Waals surface area (Å²) in [6.07, 6.45) is 17.0. The van der Waals surface area contributed by atoms with Crippen LogP contribution in [0.3, 0.4) is 0 Å². The third-order valence-corrected chi connectivity index (χ3v) is 13.3. The maximum atomic E-state index is 2.78. The summed E-state index contributed by atoms with van der Waals surface area (Å²) < 4.78 is 0. The van der Waals surface area contributed by atoms with E-state index >= 15 is 0 Å². The number of hydrogen-bond acceptors (Lipinski definition) is 0. The van der Waals surface area contributed by atoms with Crippen LogP contribution in [0.5, 0.6) is 0 Å². The molecule has 0 aliphatic heterocycles. The Morgan fingerprint density at radius 3 is 2.13 bits per heavy atom. The summed E-state index contributed by atoms with van der Waals surface area (Å²) in [4.78, 5) is 0. The first-order valence-electron chi connectivity index (χ1n) is 14.1. The van der Waals surface area contributed by atoms with Crippen molar-refractivity contribution in [2.24, 2.45) is 69.5 Å². The Balaban J connectivity index is 1.34. The topological polar surface area (TPSA) is 0 Å². The molecule has 0 aromatic heterocycles. The third-order valence-electron chi connectivity index (χ3n) is 13.3. The number of fused-ring (bicyclic) bond motifs is 5. The molecule has 0 saturated heterocycles. The van der Waals surface area contributed by atoms with Crippen LogP contribution < -0.4 is 0 Å². The third kappa shape index (κ3) is 2.96. The molecule has 172 valence electrons. The van der Waals surface area contributed by atoms with Crippen LogP contribution in [-0.2, 0) is 0 Å². The van der Waals surface area contributed by atoms with Gasteiger partial charge in [0.2, 0.25) is 0 Å². The molecule has 5 fully saturated rings. The van der Waals surface area contributed by atoms with E-state index in [4.69, 9.17) is 0 Å². The summed E-state index contributed by atoms with van der Waals surface area (Å²) in [5, 5.41) is 0. The minimum atomic E-state index is 0.632. The fourth-order valence-electron chi connectivity index (χ4n) is 11.0. The van der Waals surface area contributed by atoms with Gasteiger partial charge in [0.25, 0.3) is 0 Å². The lowest BCUT2D eigenvalue weighted by atomic mass is 9.44. The van der Waals surface area contributed by atoms with Gasteiger partial charge in [-0.15, -0.1) is 0 Å². The molecule has 0 amide bonds. The van der Waals surface area contributed by atoms with E-state index in [-0.39, 0.29) is 0 Å². The van der Waals surface area contributed by atoms with Crippen LogP contribution in [-0.4, -0.2) is 0 Å². The molecule has 0 bridgehead atoms. The quantitative estimate of drug-likeness (QED) is 0.432. The van der Waals surface area contributed by atoms with Gasteiger partial charge in [0.1, 0.15) is 0 Å². The lowest BCUT2D eigenvalue weighted by Gasteiger charge is -2.61. The highest BCUT2D eigenvalue weighted by molar-refractivity contribution is 5.12. The summed E-state index contributed by atoms with van der Waals surface area (Å²) >= 11 is 0. The predicted octanol–water partition coefficient (Wildman–Crippen LogP) is 8.99. The molecule has 5 rings (SSSR count). The molecule has 0 aromatic rings. The summed E-state index contributed by atoms with van der Waals surface area (Å²) in [6, 6.07) is 0. The zero-order chi connectivity index (χ0) is 21.5. The first kappa shape index (κ1) is 21.8. The highest BCUT2D eigenvalue weighted by Crippen LogP contribution is 2.71. The highest BCUT2D eigenvalue weighted by atomic mass is 14.7. The summed E-state index contributed by atoms with van der Waals surface area (Å²) in [7, 11) is 0.